The Bertz CT molecular complexity index is 862. The number of hydrogen-bond acceptors (Lipinski definition) is 6. The SMILES string of the molecule is COC(=O)c1cccc(NC(=O)c2cnc(NCCC3=CCCCC3)cn2)c1. The first kappa shape index (κ1) is 19.5. The summed E-state index contributed by atoms with van der Waals surface area (Å²) in [5, 5.41) is 5.94. The van der Waals surface area contributed by atoms with Crippen LogP contribution in [0.1, 0.15) is 53.0 Å². The molecule has 146 valence electrons. The summed E-state index contributed by atoms with van der Waals surface area (Å²) >= 11 is 0. The second-order valence-corrected chi connectivity index (χ2v) is 6.60. The molecule has 1 aromatic heterocycles. The lowest BCUT2D eigenvalue weighted by molar-refractivity contribution is 0.0600. The summed E-state index contributed by atoms with van der Waals surface area (Å²) in [6.07, 6.45) is 11.2. The predicted molar refractivity (Wildman–Crippen MR) is 107 cm³/mol. The van der Waals surface area contributed by atoms with E-state index < -0.39 is 11.9 Å². The lowest BCUT2D eigenvalue weighted by atomic mass is 9.97. The van der Waals surface area contributed by atoms with Crippen LogP contribution in [0.3, 0.4) is 0 Å². The molecule has 0 saturated heterocycles. The largest absolute Gasteiger partial charge is 0.465 e. The first-order valence-corrected chi connectivity index (χ1v) is 9.39. The highest BCUT2D eigenvalue weighted by Crippen LogP contribution is 2.20. The number of anilines is 2. The van der Waals surface area contributed by atoms with Gasteiger partial charge in [-0.2, -0.15) is 0 Å². The summed E-state index contributed by atoms with van der Waals surface area (Å²) < 4.78 is 4.68. The fraction of sp³-hybridized carbons (Fsp3) is 0.333. The van der Waals surface area contributed by atoms with Crippen LogP contribution in [0.2, 0.25) is 0 Å². The average molecular weight is 380 g/mol. The second kappa shape index (κ2) is 9.64. The van der Waals surface area contributed by atoms with Gasteiger partial charge in [0.2, 0.25) is 0 Å². The molecule has 2 aromatic rings. The maximum atomic E-state index is 12.3. The van der Waals surface area contributed by atoms with Gasteiger partial charge in [0.1, 0.15) is 11.5 Å². The Hall–Kier alpha value is -3.22. The monoisotopic (exact) mass is 380 g/mol. The standard InChI is InChI=1S/C21H24N4O3/c1-28-21(27)16-8-5-9-17(12-16)25-20(26)18-13-24-19(14-23-18)22-11-10-15-6-3-2-4-7-15/h5-6,8-9,12-14H,2-4,7,10-11H2,1H3,(H,22,24)(H,25,26). The van der Waals surface area contributed by atoms with E-state index in [9.17, 15) is 9.59 Å². The maximum Gasteiger partial charge on any atom is 0.337 e. The quantitative estimate of drug-likeness (QED) is 0.560. The van der Waals surface area contributed by atoms with E-state index in [1.165, 1.54) is 44.6 Å². The summed E-state index contributed by atoms with van der Waals surface area (Å²) in [5.41, 5.74) is 2.54. The molecule has 1 heterocycles. The molecule has 28 heavy (non-hydrogen) atoms. The Morgan fingerprint density at radius 1 is 1.18 bits per heavy atom. The fourth-order valence-corrected chi connectivity index (χ4v) is 3.06. The van der Waals surface area contributed by atoms with Gasteiger partial charge < -0.3 is 15.4 Å². The van der Waals surface area contributed by atoms with E-state index in [0.717, 1.165) is 13.0 Å². The van der Waals surface area contributed by atoms with Gasteiger partial charge in [-0.25, -0.2) is 14.8 Å². The molecule has 0 saturated carbocycles. The van der Waals surface area contributed by atoms with Crippen molar-refractivity contribution < 1.29 is 14.3 Å². The van der Waals surface area contributed by atoms with Gasteiger partial charge in [0.25, 0.3) is 5.91 Å². The number of aromatic nitrogens is 2. The van der Waals surface area contributed by atoms with Crippen LogP contribution in [0.15, 0.2) is 48.3 Å². The highest BCUT2D eigenvalue weighted by atomic mass is 16.5. The Morgan fingerprint density at radius 3 is 2.79 bits per heavy atom. The first-order chi connectivity index (χ1) is 13.7. The summed E-state index contributed by atoms with van der Waals surface area (Å²) in [7, 11) is 1.31. The molecule has 3 rings (SSSR count). The van der Waals surface area contributed by atoms with Crippen LogP contribution in [0.25, 0.3) is 0 Å². The van der Waals surface area contributed by atoms with E-state index in [-0.39, 0.29) is 5.69 Å². The molecule has 0 radical (unpaired) electrons. The molecule has 0 spiro atoms. The number of allylic oxidation sites excluding steroid dienone is 1. The zero-order chi connectivity index (χ0) is 19.8. The number of carbonyl (C=O) groups is 2. The van der Waals surface area contributed by atoms with E-state index in [1.54, 1.807) is 30.5 Å². The normalized spacial score (nSPS) is 13.4. The molecular formula is C21H24N4O3. The van der Waals surface area contributed by atoms with Gasteiger partial charge in [0.15, 0.2) is 0 Å². The van der Waals surface area contributed by atoms with E-state index in [4.69, 9.17) is 0 Å². The van der Waals surface area contributed by atoms with E-state index >= 15 is 0 Å². The van der Waals surface area contributed by atoms with E-state index in [2.05, 4.69) is 31.4 Å². The molecule has 0 fully saturated rings. The van der Waals surface area contributed by atoms with Gasteiger partial charge >= 0.3 is 5.97 Å². The topological polar surface area (TPSA) is 93.2 Å². The number of amides is 1. The minimum absolute atomic E-state index is 0.198. The van der Waals surface area contributed by atoms with Crippen molar-refractivity contribution in [2.45, 2.75) is 32.1 Å². The number of rotatable bonds is 7. The zero-order valence-corrected chi connectivity index (χ0v) is 15.9. The molecule has 0 bridgehead atoms. The molecule has 1 aliphatic carbocycles. The molecule has 0 unspecified atom stereocenters. The van der Waals surface area contributed by atoms with Crippen LogP contribution in [0, 0.1) is 0 Å². The number of benzene rings is 1. The third kappa shape index (κ3) is 5.39. The van der Waals surface area contributed by atoms with Crippen molar-refractivity contribution in [2.75, 3.05) is 24.3 Å². The van der Waals surface area contributed by atoms with E-state index in [0.29, 0.717) is 17.1 Å². The van der Waals surface area contributed by atoms with Gasteiger partial charge in [0.05, 0.1) is 25.1 Å². The average Bonchev–Trinajstić information content (AvgIpc) is 2.74. The molecule has 7 heteroatoms. The Kier molecular flexibility index (Phi) is 6.73. The summed E-state index contributed by atoms with van der Waals surface area (Å²) in [5.74, 6) is -0.218. The molecule has 1 amide bonds. The van der Waals surface area contributed by atoms with Gasteiger partial charge in [-0.15, -0.1) is 0 Å². The number of nitrogens with one attached hydrogen (secondary N) is 2. The third-order valence-electron chi connectivity index (χ3n) is 4.56. The number of ether oxygens (including phenoxy) is 1. The van der Waals surface area contributed by atoms with Gasteiger partial charge in [-0.3, -0.25) is 4.79 Å². The number of carbonyl (C=O) groups excluding carboxylic acids is 2. The molecule has 0 atom stereocenters. The van der Waals surface area contributed by atoms with Crippen molar-refractivity contribution in [3.63, 3.8) is 0 Å². The zero-order valence-electron chi connectivity index (χ0n) is 15.9. The third-order valence-corrected chi connectivity index (χ3v) is 4.56. The van der Waals surface area contributed by atoms with Crippen LogP contribution < -0.4 is 10.6 Å². The number of hydrogen-bond donors (Lipinski definition) is 2. The highest BCUT2D eigenvalue weighted by molar-refractivity contribution is 6.03. The van der Waals surface area contributed by atoms with Crippen molar-refractivity contribution in [1.29, 1.82) is 0 Å². The fourth-order valence-electron chi connectivity index (χ4n) is 3.06. The smallest absolute Gasteiger partial charge is 0.337 e. The maximum absolute atomic E-state index is 12.3. The molecule has 2 N–H and O–H groups in total. The summed E-state index contributed by atoms with van der Waals surface area (Å²) in [6, 6.07) is 6.52. The second-order valence-electron chi connectivity index (χ2n) is 6.60. The van der Waals surface area contributed by atoms with Crippen molar-refractivity contribution in [3.8, 4) is 0 Å². The molecule has 0 aliphatic heterocycles. The number of esters is 1. The van der Waals surface area contributed by atoms with Crippen LogP contribution in [0.5, 0.6) is 0 Å². The van der Waals surface area contributed by atoms with E-state index in [1.807, 2.05) is 0 Å². The van der Waals surface area contributed by atoms with Gasteiger partial charge in [-0.05, 0) is 50.3 Å². The number of nitrogens with zero attached hydrogens (tertiary/aromatic N) is 2. The Balaban J connectivity index is 1.53. The van der Waals surface area contributed by atoms with Gasteiger partial charge in [-0.1, -0.05) is 17.7 Å². The van der Waals surface area contributed by atoms with Crippen molar-refractivity contribution in [3.05, 3.63) is 59.6 Å². The molecule has 1 aromatic carbocycles. The van der Waals surface area contributed by atoms with Crippen LogP contribution in [0.4, 0.5) is 11.5 Å². The first-order valence-electron chi connectivity index (χ1n) is 9.39. The number of methoxy groups -OCH3 is 1. The summed E-state index contributed by atoms with van der Waals surface area (Å²) in [4.78, 5) is 32.3. The summed E-state index contributed by atoms with van der Waals surface area (Å²) in [6.45, 7) is 0.798. The van der Waals surface area contributed by atoms with Crippen LogP contribution in [-0.4, -0.2) is 35.5 Å². The lowest BCUT2D eigenvalue weighted by Crippen LogP contribution is -2.15. The van der Waals surface area contributed by atoms with Crippen molar-refractivity contribution in [2.24, 2.45) is 0 Å². The Labute approximate surface area is 164 Å². The van der Waals surface area contributed by atoms with Gasteiger partial charge in [0, 0.05) is 12.2 Å². The highest BCUT2D eigenvalue weighted by Gasteiger charge is 2.11. The van der Waals surface area contributed by atoms with Crippen molar-refractivity contribution >= 4 is 23.4 Å². The van der Waals surface area contributed by atoms with Crippen LogP contribution >= 0.6 is 0 Å². The molecular weight excluding hydrogens is 356 g/mol. The Morgan fingerprint density at radius 2 is 2.07 bits per heavy atom. The minimum Gasteiger partial charge on any atom is -0.465 e. The molecule has 1 aliphatic rings. The van der Waals surface area contributed by atoms with Crippen molar-refractivity contribution in [1.82, 2.24) is 9.97 Å². The van der Waals surface area contributed by atoms with Crippen LogP contribution in [-0.2, 0) is 4.74 Å². The lowest BCUT2D eigenvalue weighted by Gasteiger charge is -2.13. The minimum atomic E-state index is -0.463. The molecule has 7 nitrogen and oxygen atoms in total. The predicted octanol–water partition coefficient (Wildman–Crippen LogP) is 3.82.